The predicted molar refractivity (Wildman–Crippen MR) is 71.2 cm³/mol. The summed E-state index contributed by atoms with van der Waals surface area (Å²) in [6.45, 7) is 6.14. The van der Waals surface area contributed by atoms with Crippen LogP contribution in [0.1, 0.15) is 38.3 Å². The molecule has 0 aliphatic heterocycles. The van der Waals surface area contributed by atoms with Crippen molar-refractivity contribution in [2.45, 2.75) is 32.7 Å². The van der Waals surface area contributed by atoms with Gasteiger partial charge in [-0.15, -0.1) is 0 Å². The van der Waals surface area contributed by atoms with Crippen LogP contribution in [0, 0.1) is 0 Å². The van der Waals surface area contributed by atoms with E-state index in [0.717, 1.165) is 30.8 Å². The molecule has 5 heteroatoms. The summed E-state index contributed by atoms with van der Waals surface area (Å²) < 4.78 is 10.9. The normalized spacial score (nSPS) is 12.4. The van der Waals surface area contributed by atoms with Gasteiger partial charge in [-0.1, -0.05) is 6.92 Å². The Morgan fingerprint density at radius 1 is 1.33 bits per heavy atom. The second-order valence-electron chi connectivity index (χ2n) is 4.01. The highest BCUT2D eigenvalue weighted by Gasteiger charge is 2.10. The molecule has 0 saturated carbocycles. The molecule has 0 aliphatic carbocycles. The van der Waals surface area contributed by atoms with Crippen molar-refractivity contribution in [3.05, 3.63) is 24.0 Å². The van der Waals surface area contributed by atoms with Crippen molar-refractivity contribution < 1.29 is 9.47 Å². The van der Waals surface area contributed by atoms with Gasteiger partial charge in [0, 0.05) is 25.5 Å². The van der Waals surface area contributed by atoms with E-state index in [1.165, 1.54) is 0 Å². The molecule has 1 aromatic rings. The van der Waals surface area contributed by atoms with Gasteiger partial charge in [-0.3, -0.25) is 16.3 Å². The van der Waals surface area contributed by atoms with E-state index in [-0.39, 0.29) is 6.04 Å². The van der Waals surface area contributed by atoms with Crippen LogP contribution in [0.4, 0.5) is 0 Å². The summed E-state index contributed by atoms with van der Waals surface area (Å²) in [5.74, 6) is 6.34. The number of hydrogen-bond donors (Lipinski definition) is 2. The van der Waals surface area contributed by atoms with E-state index in [1.54, 1.807) is 12.4 Å². The number of pyridine rings is 1. The number of nitrogens with one attached hydrogen (secondary N) is 1. The third kappa shape index (κ3) is 5.00. The number of nitrogens with two attached hydrogens (primary N) is 1. The van der Waals surface area contributed by atoms with Crippen molar-refractivity contribution in [1.29, 1.82) is 0 Å². The second kappa shape index (κ2) is 8.85. The molecule has 0 aliphatic rings. The van der Waals surface area contributed by atoms with Crippen LogP contribution in [0.25, 0.3) is 0 Å². The zero-order chi connectivity index (χ0) is 13.2. The summed E-state index contributed by atoms with van der Waals surface area (Å²) in [6, 6.07) is 2.00. The van der Waals surface area contributed by atoms with Crippen LogP contribution >= 0.6 is 0 Å². The van der Waals surface area contributed by atoms with Crippen LogP contribution < -0.4 is 16.0 Å². The number of aromatic nitrogens is 1. The summed E-state index contributed by atoms with van der Waals surface area (Å²) in [5, 5.41) is 0. The predicted octanol–water partition coefficient (Wildman–Crippen LogP) is 1.80. The van der Waals surface area contributed by atoms with Crippen LogP contribution in [0.15, 0.2) is 18.5 Å². The van der Waals surface area contributed by atoms with Gasteiger partial charge in [0.05, 0.1) is 12.8 Å². The minimum atomic E-state index is 0.0368. The van der Waals surface area contributed by atoms with Gasteiger partial charge in [-0.2, -0.15) is 0 Å². The number of hydrazine groups is 1. The lowest BCUT2D eigenvalue weighted by molar-refractivity contribution is 0.124. The lowest BCUT2D eigenvalue weighted by atomic mass is 10.1. The molecule has 0 bridgehead atoms. The molecule has 1 aromatic heterocycles. The largest absolute Gasteiger partial charge is 0.492 e. The first-order valence-corrected chi connectivity index (χ1v) is 6.43. The van der Waals surface area contributed by atoms with E-state index in [4.69, 9.17) is 15.3 Å². The highest BCUT2D eigenvalue weighted by molar-refractivity contribution is 5.25. The van der Waals surface area contributed by atoms with Gasteiger partial charge in [0.2, 0.25) is 0 Å². The van der Waals surface area contributed by atoms with Crippen molar-refractivity contribution in [2.75, 3.05) is 19.8 Å². The SMILES string of the molecule is CCCOCCC(NN)c1cncc(OCC)c1. The third-order valence-corrected chi connectivity index (χ3v) is 2.55. The monoisotopic (exact) mass is 253 g/mol. The number of nitrogens with zero attached hydrogens (tertiary/aromatic N) is 1. The van der Waals surface area contributed by atoms with Crippen molar-refractivity contribution >= 4 is 0 Å². The maximum Gasteiger partial charge on any atom is 0.137 e. The lowest BCUT2D eigenvalue weighted by Crippen LogP contribution is -2.29. The fraction of sp³-hybridized carbons (Fsp3) is 0.615. The molecule has 1 rings (SSSR count). The fourth-order valence-corrected chi connectivity index (χ4v) is 1.67. The number of hydrogen-bond acceptors (Lipinski definition) is 5. The molecule has 102 valence electrons. The van der Waals surface area contributed by atoms with E-state index in [9.17, 15) is 0 Å². The van der Waals surface area contributed by atoms with Gasteiger partial charge >= 0.3 is 0 Å². The van der Waals surface area contributed by atoms with Gasteiger partial charge in [0.1, 0.15) is 5.75 Å². The second-order valence-corrected chi connectivity index (χ2v) is 4.01. The summed E-state index contributed by atoms with van der Waals surface area (Å²) >= 11 is 0. The smallest absolute Gasteiger partial charge is 0.137 e. The molecule has 1 heterocycles. The molecular formula is C13H23N3O2. The summed E-state index contributed by atoms with van der Waals surface area (Å²) in [6.07, 6.45) is 5.34. The maximum atomic E-state index is 5.57. The first kappa shape index (κ1) is 14.9. The highest BCUT2D eigenvalue weighted by Crippen LogP contribution is 2.19. The topological polar surface area (TPSA) is 69.4 Å². The standard InChI is InChI=1S/C13H23N3O2/c1-3-6-17-7-5-13(16-14)11-8-12(18-4-2)10-15-9-11/h8-10,13,16H,3-7,14H2,1-2H3. The molecule has 5 nitrogen and oxygen atoms in total. The Hall–Kier alpha value is -1.17. The first-order chi connectivity index (χ1) is 8.81. The molecule has 0 saturated heterocycles. The Balaban J connectivity index is 2.54. The minimum absolute atomic E-state index is 0.0368. The van der Waals surface area contributed by atoms with Crippen LogP contribution in [-0.4, -0.2) is 24.8 Å². The van der Waals surface area contributed by atoms with Crippen molar-refractivity contribution in [3.8, 4) is 5.75 Å². The van der Waals surface area contributed by atoms with Crippen LogP contribution in [-0.2, 0) is 4.74 Å². The molecule has 0 radical (unpaired) electrons. The van der Waals surface area contributed by atoms with E-state index < -0.39 is 0 Å². The fourth-order valence-electron chi connectivity index (χ4n) is 1.67. The van der Waals surface area contributed by atoms with E-state index in [1.807, 2.05) is 13.0 Å². The Morgan fingerprint density at radius 3 is 2.83 bits per heavy atom. The molecule has 0 amide bonds. The van der Waals surface area contributed by atoms with Gasteiger partial charge < -0.3 is 9.47 Å². The van der Waals surface area contributed by atoms with Gasteiger partial charge in [-0.05, 0) is 31.4 Å². The lowest BCUT2D eigenvalue weighted by Gasteiger charge is -2.16. The van der Waals surface area contributed by atoms with Crippen LogP contribution in [0.5, 0.6) is 5.75 Å². The van der Waals surface area contributed by atoms with E-state index in [2.05, 4.69) is 17.3 Å². The Morgan fingerprint density at radius 2 is 2.17 bits per heavy atom. The van der Waals surface area contributed by atoms with Crippen LogP contribution in [0.2, 0.25) is 0 Å². The van der Waals surface area contributed by atoms with Gasteiger partial charge in [-0.25, -0.2) is 0 Å². The quantitative estimate of drug-likeness (QED) is 0.399. The first-order valence-electron chi connectivity index (χ1n) is 6.43. The highest BCUT2D eigenvalue weighted by atomic mass is 16.5. The molecule has 0 spiro atoms. The summed E-state index contributed by atoms with van der Waals surface area (Å²) in [7, 11) is 0. The van der Waals surface area contributed by atoms with Gasteiger partial charge in [0.15, 0.2) is 0 Å². The average molecular weight is 253 g/mol. The molecule has 3 N–H and O–H groups in total. The maximum absolute atomic E-state index is 5.57. The molecule has 1 unspecified atom stereocenters. The molecule has 0 aromatic carbocycles. The van der Waals surface area contributed by atoms with Crippen molar-refractivity contribution in [2.24, 2.45) is 5.84 Å². The van der Waals surface area contributed by atoms with E-state index in [0.29, 0.717) is 13.2 Å². The van der Waals surface area contributed by atoms with Gasteiger partial charge in [0.25, 0.3) is 0 Å². The molecular weight excluding hydrogens is 230 g/mol. The number of rotatable bonds is 9. The molecule has 0 fully saturated rings. The van der Waals surface area contributed by atoms with Crippen LogP contribution in [0.3, 0.4) is 0 Å². The Kier molecular flexibility index (Phi) is 7.32. The summed E-state index contributed by atoms with van der Waals surface area (Å²) in [4.78, 5) is 4.16. The zero-order valence-electron chi connectivity index (χ0n) is 11.2. The van der Waals surface area contributed by atoms with E-state index >= 15 is 0 Å². The average Bonchev–Trinajstić information content (AvgIpc) is 2.40. The Labute approximate surface area is 109 Å². The number of ether oxygens (including phenoxy) is 2. The third-order valence-electron chi connectivity index (χ3n) is 2.55. The van der Waals surface area contributed by atoms with Crippen molar-refractivity contribution in [1.82, 2.24) is 10.4 Å². The zero-order valence-corrected chi connectivity index (χ0v) is 11.2. The Bertz CT molecular complexity index is 334. The molecule has 1 atom stereocenters. The van der Waals surface area contributed by atoms with Crippen molar-refractivity contribution in [3.63, 3.8) is 0 Å². The minimum Gasteiger partial charge on any atom is -0.492 e. The summed E-state index contributed by atoms with van der Waals surface area (Å²) in [5.41, 5.74) is 3.81. The molecule has 18 heavy (non-hydrogen) atoms.